The van der Waals surface area contributed by atoms with Crippen LogP contribution in [-0.2, 0) is 6.54 Å². The van der Waals surface area contributed by atoms with Gasteiger partial charge in [0.25, 0.3) is 0 Å². The zero-order chi connectivity index (χ0) is 13.9. The third kappa shape index (κ3) is 2.56. The average Bonchev–Trinajstić information content (AvgIpc) is 3.11. The largest absolute Gasteiger partial charge is 0.497 e. The smallest absolute Gasteiger partial charge is 0.126 e. The molecule has 0 aliphatic carbocycles. The number of benzene rings is 1. The lowest BCUT2D eigenvalue weighted by molar-refractivity contribution is 0.414. The molecule has 0 saturated carbocycles. The highest BCUT2D eigenvalue weighted by Gasteiger charge is 2.21. The summed E-state index contributed by atoms with van der Waals surface area (Å²) in [5, 5.41) is 3.53. The van der Waals surface area contributed by atoms with Crippen molar-refractivity contribution in [2.75, 3.05) is 13.7 Å². The number of rotatable bonds is 4. The predicted molar refractivity (Wildman–Crippen MR) is 79.0 cm³/mol. The Morgan fingerprint density at radius 1 is 1.35 bits per heavy atom. The van der Waals surface area contributed by atoms with E-state index in [9.17, 15) is 0 Å². The first-order chi connectivity index (χ1) is 9.78. The van der Waals surface area contributed by atoms with Gasteiger partial charge in [-0.25, -0.2) is 4.98 Å². The molecule has 0 spiro atoms. The van der Waals surface area contributed by atoms with Crippen molar-refractivity contribution >= 4 is 0 Å². The molecule has 2 heterocycles. The zero-order valence-corrected chi connectivity index (χ0v) is 12.1. The SMILES string of the molecule is COc1ccc(Cn2c(C)cnc2C2CCCN2)cc1. The van der Waals surface area contributed by atoms with E-state index >= 15 is 0 Å². The number of hydrogen-bond acceptors (Lipinski definition) is 3. The minimum absolute atomic E-state index is 0.405. The molecule has 1 aliphatic heterocycles. The predicted octanol–water partition coefficient (Wildman–Crippen LogP) is 2.67. The fourth-order valence-corrected chi connectivity index (χ4v) is 2.78. The van der Waals surface area contributed by atoms with Crippen molar-refractivity contribution in [3.63, 3.8) is 0 Å². The molecule has 3 rings (SSSR count). The zero-order valence-electron chi connectivity index (χ0n) is 12.1. The molecule has 4 nitrogen and oxygen atoms in total. The summed E-state index contributed by atoms with van der Waals surface area (Å²) < 4.78 is 7.51. The maximum absolute atomic E-state index is 5.20. The molecule has 106 valence electrons. The van der Waals surface area contributed by atoms with E-state index in [4.69, 9.17) is 4.74 Å². The quantitative estimate of drug-likeness (QED) is 0.929. The van der Waals surface area contributed by atoms with Gasteiger partial charge < -0.3 is 14.6 Å². The molecule has 4 heteroatoms. The summed E-state index contributed by atoms with van der Waals surface area (Å²) >= 11 is 0. The average molecular weight is 271 g/mol. The summed E-state index contributed by atoms with van der Waals surface area (Å²) in [4.78, 5) is 4.60. The van der Waals surface area contributed by atoms with E-state index in [-0.39, 0.29) is 0 Å². The van der Waals surface area contributed by atoms with Crippen LogP contribution in [0.1, 0.15) is 36.0 Å². The van der Waals surface area contributed by atoms with Crippen molar-refractivity contribution in [1.29, 1.82) is 0 Å². The summed E-state index contributed by atoms with van der Waals surface area (Å²) in [6, 6.07) is 8.65. The standard InChI is InChI=1S/C16H21N3O/c1-12-10-18-16(15-4-3-9-17-15)19(12)11-13-5-7-14(20-2)8-6-13/h5-8,10,15,17H,3-4,9,11H2,1-2H3. The van der Waals surface area contributed by atoms with Gasteiger partial charge in [0.05, 0.1) is 13.2 Å². The van der Waals surface area contributed by atoms with Crippen molar-refractivity contribution in [3.8, 4) is 5.75 Å². The van der Waals surface area contributed by atoms with E-state index in [0.717, 1.165) is 24.7 Å². The molecule has 1 fully saturated rings. The van der Waals surface area contributed by atoms with Crippen LogP contribution in [0.4, 0.5) is 0 Å². The lowest BCUT2D eigenvalue weighted by Gasteiger charge is -2.15. The minimum Gasteiger partial charge on any atom is -0.497 e. The molecule has 2 aromatic rings. The third-order valence-corrected chi connectivity index (χ3v) is 3.96. The maximum atomic E-state index is 5.20. The van der Waals surface area contributed by atoms with Gasteiger partial charge in [0, 0.05) is 18.4 Å². The van der Waals surface area contributed by atoms with Gasteiger partial charge >= 0.3 is 0 Å². The molecule has 1 atom stereocenters. The number of nitrogens with one attached hydrogen (secondary N) is 1. The Bertz CT molecular complexity index is 568. The van der Waals surface area contributed by atoms with Crippen LogP contribution in [0.3, 0.4) is 0 Å². The monoisotopic (exact) mass is 271 g/mol. The second-order valence-corrected chi connectivity index (χ2v) is 5.34. The van der Waals surface area contributed by atoms with E-state index in [1.807, 2.05) is 18.3 Å². The summed E-state index contributed by atoms with van der Waals surface area (Å²) in [6.07, 6.45) is 4.39. The summed E-state index contributed by atoms with van der Waals surface area (Å²) in [5.74, 6) is 2.06. The second kappa shape index (κ2) is 5.67. The summed E-state index contributed by atoms with van der Waals surface area (Å²) in [5.41, 5.74) is 2.48. The van der Waals surface area contributed by atoms with Crippen LogP contribution in [-0.4, -0.2) is 23.2 Å². The lowest BCUT2D eigenvalue weighted by atomic mass is 10.2. The van der Waals surface area contributed by atoms with Crippen molar-refractivity contribution in [2.45, 2.75) is 32.4 Å². The molecular formula is C16H21N3O. The Labute approximate surface area is 119 Å². The molecule has 20 heavy (non-hydrogen) atoms. The molecule has 1 aromatic heterocycles. The topological polar surface area (TPSA) is 39.1 Å². The van der Waals surface area contributed by atoms with Crippen molar-refractivity contribution in [3.05, 3.63) is 47.5 Å². The molecule has 1 N–H and O–H groups in total. The van der Waals surface area contributed by atoms with Crippen LogP contribution in [0.2, 0.25) is 0 Å². The highest BCUT2D eigenvalue weighted by atomic mass is 16.5. The number of methoxy groups -OCH3 is 1. The highest BCUT2D eigenvalue weighted by Crippen LogP contribution is 2.24. The number of ether oxygens (including phenoxy) is 1. The molecule has 1 aliphatic rings. The molecule has 1 saturated heterocycles. The van der Waals surface area contributed by atoms with Gasteiger partial charge in [-0.2, -0.15) is 0 Å². The van der Waals surface area contributed by atoms with E-state index in [1.165, 1.54) is 24.1 Å². The first-order valence-corrected chi connectivity index (χ1v) is 7.16. The van der Waals surface area contributed by atoms with Gasteiger partial charge in [0.15, 0.2) is 0 Å². The maximum Gasteiger partial charge on any atom is 0.126 e. The molecule has 1 unspecified atom stereocenters. The van der Waals surface area contributed by atoms with Crippen molar-refractivity contribution in [1.82, 2.24) is 14.9 Å². The van der Waals surface area contributed by atoms with E-state index in [1.54, 1.807) is 7.11 Å². The van der Waals surface area contributed by atoms with E-state index in [0.29, 0.717) is 6.04 Å². The van der Waals surface area contributed by atoms with Crippen LogP contribution < -0.4 is 10.1 Å². The molecule has 1 aromatic carbocycles. The number of aryl methyl sites for hydroxylation is 1. The number of nitrogens with zero attached hydrogens (tertiary/aromatic N) is 2. The van der Waals surface area contributed by atoms with Crippen LogP contribution in [0.25, 0.3) is 0 Å². The second-order valence-electron chi connectivity index (χ2n) is 5.34. The van der Waals surface area contributed by atoms with Gasteiger partial charge in [-0.15, -0.1) is 0 Å². The lowest BCUT2D eigenvalue weighted by Crippen LogP contribution is -2.19. The summed E-state index contributed by atoms with van der Waals surface area (Å²) in [7, 11) is 1.69. The Morgan fingerprint density at radius 3 is 2.80 bits per heavy atom. The van der Waals surface area contributed by atoms with Gasteiger partial charge in [0.2, 0.25) is 0 Å². The first kappa shape index (κ1) is 13.2. The van der Waals surface area contributed by atoms with Gasteiger partial charge in [-0.05, 0) is 44.0 Å². The van der Waals surface area contributed by atoms with Gasteiger partial charge in [-0.3, -0.25) is 0 Å². The van der Waals surface area contributed by atoms with E-state index < -0.39 is 0 Å². The first-order valence-electron chi connectivity index (χ1n) is 7.16. The Hall–Kier alpha value is -1.81. The van der Waals surface area contributed by atoms with Crippen LogP contribution in [0.5, 0.6) is 5.75 Å². The highest BCUT2D eigenvalue weighted by molar-refractivity contribution is 5.28. The van der Waals surface area contributed by atoms with Crippen LogP contribution in [0.15, 0.2) is 30.5 Å². The van der Waals surface area contributed by atoms with Gasteiger partial charge in [0.1, 0.15) is 11.6 Å². The number of hydrogen-bond donors (Lipinski definition) is 1. The Balaban J connectivity index is 1.83. The normalized spacial score (nSPS) is 18.4. The molecule has 0 radical (unpaired) electrons. The number of imidazole rings is 1. The number of aromatic nitrogens is 2. The molecule has 0 bridgehead atoms. The summed E-state index contributed by atoms with van der Waals surface area (Å²) in [6.45, 7) is 4.08. The van der Waals surface area contributed by atoms with E-state index in [2.05, 4.69) is 33.9 Å². The fourth-order valence-electron chi connectivity index (χ4n) is 2.78. The minimum atomic E-state index is 0.405. The third-order valence-electron chi connectivity index (χ3n) is 3.96. The Morgan fingerprint density at radius 2 is 2.15 bits per heavy atom. The Kier molecular flexibility index (Phi) is 3.74. The van der Waals surface area contributed by atoms with Gasteiger partial charge in [-0.1, -0.05) is 12.1 Å². The van der Waals surface area contributed by atoms with Crippen LogP contribution in [0, 0.1) is 6.92 Å². The molecular weight excluding hydrogens is 250 g/mol. The van der Waals surface area contributed by atoms with Crippen molar-refractivity contribution in [2.24, 2.45) is 0 Å². The van der Waals surface area contributed by atoms with Crippen molar-refractivity contribution < 1.29 is 4.74 Å². The molecule has 0 amide bonds. The fraction of sp³-hybridized carbons (Fsp3) is 0.438. The van der Waals surface area contributed by atoms with Crippen LogP contribution >= 0.6 is 0 Å².